The average molecular weight is 275 g/mol. The lowest BCUT2D eigenvalue weighted by Crippen LogP contribution is -2.29. The van der Waals surface area contributed by atoms with Crippen molar-refractivity contribution in [2.75, 3.05) is 7.11 Å². The number of para-hydroxylation sites is 1. The van der Waals surface area contributed by atoms with Crippen LogP contribution in [0, 0.1) is 0 Å². The normalized spacial score (nSPS) is 11.7. The Bertz CT molecular complexity index is 405. The monoisotopic (exact) mass is 275 g/mol. The van der Waals surface area contributed by atoms with Gasteiger partial charge in [-0.1, -0.05) is 12.1 Å². The highest BCUT2D eigenvalue weighted by Gasteiger charge is 2.16. The van der Waals surface area contributed by atoms with Gasteiger partial charge in [0.1, 0.15) is 0 Å². The first-order valence-electron chi connectivity index (χ1n) is 5.85. The van der Waals surface area contributed by atoms with Crippen molar-refractivity contribution < 1.29 is 23.1 Å². The maximum absolute atomic E-state index is 12.4. The summed E-state index contributed by atoms with van der Waals surface area (Å²) in [6.45, 7) is 2.96. The van der Waals surface area contributed by atoms with Crippen molar-refractivity contribution in [1.29, 1.82) is 0 Å². The Labute approximate surface area is 111 Å². The Balaban J connectivity index is 2.81. The Morgan fingerprint density at radius 3 is 2.47 bits per heavy atom. The SMILES string of the molecule is COc1cccc(CNOC(C)(C)C)c1OC(F)F. The second kappa shape index (κ2) is 6.68. The van der Waals surface area contributed by atoms with E-state index in [9.17, 15) is 8.78 Å². The molecule has 0 aliphatic rings. The largest absolute Gasteiger partial charge is 0.493 e. The summed E-state index contributed by atoms with van der Waals surface area (Å²) in [6.07, 6.45) is 0. The number of rotatable bonds is 6. The molecular formula is C13H19F2NO3. The van der Waals surface area contributed by atoms with Gasteiger partial charge in [-0.3, -0.25) is 4.84 Å². The lowest BCUT2D eigenvalue weighted by Gasteiger charge is -2.20. The van der Waals surface area contributed by atoms with Crippen molar-refractivity contribution in [3.8, 4) is 11.5 Å². The van der Waals surface area contributed by atoms with Crippen LogP contribution in [0.25, 0.3) is 0 Å². The van der Waals surface area contributed by atoms with E-state index in [1.807, 2.05) is 20.8 Å². The van der Waals surface area contributed by atoms with Gasteiger partial charge in [0.15, 0.2) is 11.5 Å². The second-order valence-electron chi connectivity index (χ2n) is 4.86. The number of hydroxylamine groups is 1. The van der Waals surface area contributed by atoms with Crippen LogP contribution in [0.5, 0.6) is 11.5 Å². The predicted octanol–water partition coefficient (Wildman–Crippen LogP) is 3.12. The zero-order chi connectivity index (χ0) is 14.5. The molecule has 1 N–H and O–H groups in total. The minimum absolute atomic E-state index is 0.0185. The number of hydrogen-bond donors (Lipinski definition) is 1. The molecule has 1 aromatic carbocycles. The Morgan fingerprint density at radius 2 is 1.95 bits per heavy atom. The van der Waals surface area contributed by atoms with Crippen molar-refractivity contribution in [2.24, 2.45) is 0 Å². The second-order valence-corrected chi connectivity index (χ2v) is 4.86. The van der Waals surface area contributed by atoms with Gasteiger partial charge in [0.25, 0.3) is 0 Å². The van der Waals surface area contributed by atoms with E-state index in [0.717, 1.165) is 0 Å². The molecule has 0 aliphatic heterocycles. The molecule has 0 spiro atoms. The number of halogens is 2. The van der Waals surface area contributed by atoms with Crippen molar-refractivity contribution in [1.82, 2.24) is 5.48 Å². The summed E-state index contributed by atoms with van der Waals surface area (Å²) in [7, 11) is 1.40. The molecule has 0 unspecified atom stereocenters. The zero-order valence-corrected chi connectivity index (χ0v) is 11.5. The van der Waals surface area contributed by atoms with Gasteiger partial charge in [0.2, 0.25) is 0 Å². The fourth-order valence-corrected chi connectivity index (χ4v) is 1.41. The van der Waals surface area contributed by atoms with Gasteiger partial charge in [-0.15, -0.1) is 0 Å². The van der Waals surface area contributed by atoms with E-state index in [-0.39, 0.29) is 23.6 Å². The summed E-state index contributed by atoms with van der Waals surface area (Å²) in [5.74, 6) is 0.278. The molecule has 0 heterocycles. The van der Waals surface area contributed by atoms with Gasteiger partial charge >= 0.3 is 6.61 Å². The lowest BCUT2D eigenvalue weighted by atomic mass is 10.2. The van der Waals surface area contributed by atoms with Crippen LogP contribution in [-0.4, -0.2) is 19.3 Å². The lowest BCUT2D eigenvalue weighted by molar-refractivity contribution is -0.0777. The van der Waals surface area contributed by atoms with E-state index in [0.29, 0.717) is 5.56 Å². The topological polar surface area (TPSA) is 39.7 Å². The van der Waals surface area contributed by atoms with Crippen LogP contribution in [0.15, 0.2) is 18.2 Å². The molecule has 0 radical (unpaired) electrons. The molecule has 1 aromatic rings. The number of ether oxygens (including phenoxy) is 2. The smallest absolute Gasteiger partial charge is 0.387 e. The van der Waals surface area contributed by atoms with Crippen molar-refractivity contribution in [2.45, 2.75) is 39.5 Å². The third kappa shape index (κ3) is 5.40. The Hall–Kier alpha value is -1.40. The quantitative estimate of drug-likeness (QED) is 0.810. The van der Waals surface area contributed by atoms with Gasteiger partial charge in [-0.05, 0) is 26.8 Å². The molecule has 4 nitrogen and oxygen atoms in total. The number of alkyl halides is 2. The molecule has 0 aromatic heterocycles. The van der Waals surface area contributed by atoms with E-state index < -0.39 is 6.61 Å². The van der Waals surface area contributed by atoms with Crippen LogP contribution in [0.1, 0.15) is 26.3 Å². The average Bonchev–Trinajstić information content (AvgIpc) is 2.28. The number of methoxy groups -OCH3 is 1. The summed E-state index contributed by atoms with van der Waals surface area (Å²) < 4.78 is 34.3. The first-order valence-corrected chi connectivity index (χ1v) is 5.85. The molecule has 19 heavy (non-hydrogen) atoms. The fourth-order valence-electron chi connectivity index (χ4n) is 1.41. The number of nitrogens with one attached hydrogen (secondary N) is 1. The van der Waals surface area contributed by atoms with Crippen molar-refractivity contribution in [3.05, 3.63) is 23.8 Å². The molecule has 108 valence electrons. The standard InChI is InChI=1S/C13H19F2NO3/c1-13(2,3)19-16-8-9-6-5-7-10(17-4)11(9)18-12(14)15/h5-7,12,16H,8H2,1-4H3. The van der Waals surface area contributed by atoms with Crippen LogP contribution in [0.3, 0.4) is 0 Å². The molecule has 0 amide bonds. The molecular weight excluding hydrogens is 256 g/mol. The Morgan fingerprint density at radius 1 is 1.26 bits per heavy atom. The number of benzene rings is 1. The minimum atomic E-state index is -2.90. The van der Waals surface area contributed by atoms with Crippen LogP contribution >= 0.6 is 0 Å². The van der Waals surface area contributed by atoms with Gasteiger partial charge in [-0.25, -0.2) is 0 Å². The summed E-state index contributed by atoms with van der Waals surface area (Å²) in [5.41, 5.74) is 2.89. The molecule has 0 saturated carbocycles. The Kier molecular flexibility index (Phi) is 5.50. The third-order valence-corrected chi connectivity index (χ3v) is 2.13. The summed E-state index contributed by atoms with van der Waals surface area (Å²) in [5, 5.41) is 0. The first-order chi connectivity index (χ1) is 8.83. The maximum atomic E-state index is 12.4. The number of hydrogen-bond acceptors (Lipinski definition) is 4. The highest BCUT2D eigenvalue weighted by molar-refractivity contribution is 5.46. The van der Waals surface area contributed by atoms with Crippen molar-refractivity contribution >= 4 is 0 Å². The molecule has 0 saturated heterocycles. The minimum Gasteiger partial charge on any atom is -0.493 e. The van der Waals surface area contributed by atoms with E-state index in [1.165, 1.54) is 7.11 Å². The molecule has 6 heteroatoms. The maximum Gasteiger partial charge on any atom is 0.387 e. The highest BCUT2D eigenvalue weighted by atomic mass is 19.3. The first kappa shape index (κ1) is 15.7. The fraction of sp³-hybridized carbons (Fsp3) is 0.538. The van der Waals surface area contributed by atoms with Crippen LogP contribution in [0.4, 0.5) is 8.78 Å². The van der Waals surface area contributed by atoms with E-state index in [1.54, 1.807) is 18.2 Å². The van der Waals surface area contributed by atoms with Gasteiger partial charge in [-0.2, -0.15) is 14.3 Å². The van der Waals surface area contributed by atoms with Gasteiger partial charge in [0, 0.05) is 12.1 Å². The molecule has 0 bridgehead atoms. The van der Waals surface area contributed by atoms with E-state index in [4.69, 9.17) is 9.57 Å². The summed E-state index contributed by atoms with van der Waals surface area (Å²) in [4.78, 5) is 5.33. The van der Waals surface area contributed by atoms with E-state index >= 15 is 0 Å². The van der Waals surface area contributed by atoms with Gasteiger partial charge in [0.05, 0.1) is 12.7 Å². The zero-order valence-electron chi connectivity index (χ0n) is 11.5. The highest BCUT2D eigenvalue weighted by Crippen LogP contribution is 2.32. The predicted molar refractivity (Wildman–Crippen MR) is 67.3 cm³/mol. The summed E-state index contributed by atoms with van der Waals surface area (Å²) >= 11 is 0. The van der Waals surface area contributed by atoms with Crippen LogP contribution < -0.4 is 15.0 Å². The van der Waals surface area contributed by atoms with Crippen LogP contribution in [-0.2, 0) is 11.4 Å². The molecule has 0 aliphatic carbocycles. The molecule has 0 fully saturated rings. The third-order valence-electron chi connectivity index (χ3n) is 2.13. The van der Waals surface area contributed by atoms with Crippen LogP contribution in [0.2, 0.25) is 0 Å². The molecule has 1 rings (SSSR count). The molecule has 0 atom stereocenters. The van der Waals surface area contributed by atoms with Gasteiger partial charge < -0.3 is 9.47 Å². The van der Waals surface area contributed by atoms with E-state index in [2.05, 4.69) is 10.2 Å². The van der Waals surface area contributed by atoms with Crippen molar-refractivity contribution in [3.63, 3.8) is 0 Å². The summed E-state index contributed by atoms with van der Waals surface area (Å²) in [6, 6.07) is 4.93.